The van der Waals surface area contributed by atoms with Crippen molar-refractivity contribution in [2.45, 2.75) is 52.5 Å². The van der Waals surface area contributed by atoms with E-state index < -0.39 is 11.4 Å². The van der Waals surface area contributed by atoms with Crippen molar-refractivity contribution in [1.82, 2.24) is 4.90 Å². The van der Waals surface area contributed by atoms with Crippen LogP contribution in [0.25, 0.3) is 11.0 Å². The minimum atomic E-state index is -1.49. The number of benzene rings is 2. The number of unbranched alkanes of at least 4 members (excludes halogenated alkanes) is 1. The van der Waals surface area contributed by atoms with Gasteiger partial charge in [-0.15, -0.1) is 0 Å². The molecular weight excluding hydrogens is 416 g/mol. The summed E-state index contributed by atoms with van der Waals surface area (Å²) in [4.78, 5) is 45.3. The second kappa shape index (κ2) is 7.58. The van der Waals surface area contributed by atoms with Gasteiger partial charge in [0.2, 0.25) is 5.76 Å². The van der Waals surface area contributed by atoms with E-state index in [0.29, 0.717) is 29.6 Å². The zero-order chi connectivity index (χ0) is 23.5. The van der Waals surface area contributed by atoms with Crippen LogP contribution in [0.15, 0.2) is 45.6 Å². The fourth-order valence-corrected chi connectivity index (χ4v) is 5.31. The van der Waals surface area contributed by atoms with Gasteiger partial charge in [0.05, 0.1) is 16.6 Å². The molecule has 33 heavy (non-hydrogen) atoms. The highest BCUT2D eigenvalue weighted by molar-refractivity contribution is 6.17. The Balaban J connectivity index is 1.90. The van der Waals surface area contributed by atoms with Gasteiger partial charge in [0.15, 0.2) is 11.0 Å². The Morgan fingerprint density at radius 3 is 2.39 bits per heavy atom. The van der Waals surface area contributed by atoms with E-state index >= 15 is 0 Å². The average Bonchev–Trinajstić information content (AvgIpc) is 3.19. The molecular formula is C27H28N2O4. The molecule has 5 rings (SSSR count). The van der Waals surface area contributed by atoms with E-state index in [0.717, 1.165) is 36.1 Å². The molecule has 0 radical (unpaired) electrons. The molecule has 1 aromatic heterocycles. The summed E-state index contributed by atoms with van der Waals surface area (Å²) >= 11 is 0. The maximum absolute atomic E-state index is 14.2. The lowest BCUT2D eigenvalue weighted by molar-refractivity contribution is -0.126. The Kier molecular flexibility index (Phi) is 4.92. The zero-order valence-electron chi connectivity index (χ0n) is 19.5. The molecule has 3 aromatic rings. The van der Waals surface area contributed by atoms with Gasteiger partial charge in [-0.1, -0.05) is 38.5 Å². The SMILES string of the molecule is CCCCN1C(=O)c2oc3cc(C)c(C)cc3c(=O)c2C12C(=O)N(CCC)c1ccccc12. The standard InChI is InChI=1S/C27H28N2O4/c1-5-7-13-29-25(31)24-22(23(30)18-14-16(3)17(4)15-21(18)33-24)27(29)19-10-8-9-11-20(19)28(12-6-2)26(27)32/h8-11,14-15H,5-7,12-13H2,1-4H3. The topological polar surface area (TPSA) is 70.8 Å². The van der Waals surface area contributed by atoms with Crippen molar-refractivity contribution in [1.29, 1.82) is 0 Å². The van der Waals surface area contributed by atoms with Crippen molar-refractivity contribution >= 4 is 28.5 Å². The number of amides is 2. The van der Waals surface area contributed by atoms with Gasteiger partial charge < -0.3 is 14.2 Å². The highest BCUT2D eigenvalue weighted by Crippen LogP contribution is 2.52. The maximum atomic E-state index is 14.2. The minimum absolute atomic E-state index is 0.00615. The second-order valence-corrected chi connectivity index (χ2v) is 9.06. The summed E-state index contributed by atoms with van der Waals surface area (Å²) in [5.41, 5.74) is 2.13. The molecule has 2 aliphatic heterocycles. The van der Waals surface area contributed by atoms with Crippen molar-refractivity contribution in [3.05, 3.63) is 74.6 Å². The first-order valence-corrected chi connectivity index (χ1v) is 11.7. The molecule has 170 valence electrons. The molecule has 0 aliphatic carbocycles. The highest BCUT2D eigenvalue weighted by atomic mass is 16.3. The van der Waals surface area contributed by atoms with Crippen LogP contribution in [-0.4, -0.2) is 29.8 Å². The monoisotopic (exact) mass is 444 g/mol. The third-order valence-corrected chi connectivity index (χ3v) is 7.03. The van der Waals surface area contributed by atoms with Gasteiger partial charge in [0, 0.05) is 18.7 Å². The predicted molar refractivity (Wildman–Crippen MR) is 128 cm³/mol. The number of para-hydroxylation sites is 1. The molecule has 0 bridgehead atoms. The molecule has 3 heterocycles. The molecule has 6 nitrogen and oxygen atoms in total. The Morgan fingerprint density at radius 1 is 0.939 bits per heavy atom. The Hall–Kier alpha value is -3.41. The zero-order valence-corrected chi connectivity index (χ0v) is 19.5. The van der Waals surface area contributed by atoms with Gasteiger partial charge in [-0.05, 0) is 56.0 Å². The van der Waals surface area contributed by atoms with Gasteiger partial charge in [0.1, 0.15) is 5.58 Å². The number of nitrogens with zero attached hydrogens (tertiary/aromatic N) is 2. The molecule has 0 saturated heterocycles. The number of hydrogen-bond acceptors (Lipinski definition) is 4. The largest absolute Gasteiger partial charge is 0.450 e. The van der Waals surface area contributed by atoms with E-state index in [1.165, 1.54) is 0 Å². The fourth-order valence-electron chi connectivity index (χ4n) is 5.31. The van der Waals surface area contributed by atoms with E-state index in [1.54, 1.807) is 21.9 Å². The molecule has 2 aliphatic rings. The van der Waals surface area contributed by atoms with Crippen LogP contribution in [0.2, 0.25) is 0 Å². The Labute approximate surface area is 192 Å². The van der Waals surface area contributed by atoms with Crippen LogP contribution in [0, 0.1) is 13.8 Å². The molecule has 1 atom stereocenters. The van der Waals surface area contributed by atoms with Crippen molar-refractivity contribution < 1.29 is 14.0 Å². The van der Waals surface area contributed by atoms with E-state index in [4.69, 9.17) is 4.42 Å². The van der Waals surface area contributed by atoms with Crippen LogP contribution in [0.3, 0.4) is 0 Å². The van der Waals surface area contributed by atoms with Gasteiger partial charge in [-0.3, -0.25) is 14.4 Å². The molecule has 0 N–H and O–H groups in total. The minimum Gasteiger partial charge on any atom is -0.450 e. The van der Waals surface area contributed by atoms with Crippen LogP contribution in [0.1, 0.15) is 65.9 Å². The molecule has 0 fully saturated rings. The summed E-state index contributed by atoms with van der Waals surface area (Å²) in [6, 6.07) is 11.1. The lowest BCUT2D eigenvalue weighted by Gasteiger charge is -2.34. The van der Waals surface area contributed by atoms with Crippen LogP contribution in [0.5, 0.6) is 0 Å². The van der Waals surface area contributed by atoms with Crippen LogP contribution < -0.4 is 10.3 Å². The van der Waals surface area contributed by atoms with Crippen LogP contribution in [-0.2, 0) is 10.3 Å². The van der Waals surface area contributed by atoms with Crippen LogP contribution in [0.4, 0.5) is 5.69 Å². The number of aryl methyl sites for hydroxylation is 2. The molecule has 1 spiro atoms. The van der Waals surface area contributed by atoms with Gasteiger partial charge >= 0.3 is 0 Å². The smallest absolute Gasteiger partial charge is 0.291 e. The summed E-state index contributed by atoms with van der Waals surface area (Å²) in [5.74, 6) is -0.644. The quantitative estimate of drug-likeness (QED) is 0.574. The van der Waals surface area contributed by atoms with Crippen molar-refractivity contribution in [3.63, 3.8) is 0 Å². The maximum Gasteiger partial charge on any atom is 0.291 e. The molecule has 2 aromatic carbocycles. The van der Waals surface area contributed by atoms with Crippen molar-refractivity contribution in [3.8, 4) is 0 Å². The summed E-state index contributed by atoms with van der Waals surface area (Å²) < 4.78 is 6.13. The average molecular weight is 445 g/mol. The lowest BCUT2D eigenvalue weighted by Crippen LogP contribution is -2.53. The van der Waals surface area contributed by atoms with Gasteiger partial charge in [0.25, 0.3) is 11.8 Å². The predicted octanol–water partition coefficient (Wildman–Crippen LogP) is 4.67. The highest BCUT2D eigenvalue weighted by Gasteiger charge is 2.64. The number of hydrogen-bond donors (Lipinski definition) is 0. The number of rotatable bonds is 5. The molecule has 0 saturated carbocycles. The number of anilines is 1. The number of fused-ring (bicyclic) bond motifs is 5. The molecule has 1 unspecified atom stereocenters. The van der Waals surface area contributed by atoms with E-state index in [9.17, 15) is 14.4 Å². The number of carbonyl (C=O) groups excluding carboxylic acids is 2. The van der Waals surface area contributed by atoms with Crippen LogP contribution >= 0.6 is 0 Å². The first kappa shape index (κ1) is 21.4. The second-order valence-electron chi connectivity index (χ2n) is 9.06. The Morgan fingerprint density at radius 2 is 1.67 bits per heavy atom. The number of carbonyl (C=O) groups is 2. The normalized spacial score (nSPS) is 19.2. The van der Waals surface area contributed by atoms with E-state index in [-0.39, 0.29) is 22.7 Å². The lowest BCUT2D eigenvalue weighted by atomic mass is 9.83. The summed E-state index contributed by atoms with van der Waals surface area (Å²) in [6.45, 7) is 8.81. The van der Waals surface area contributed by atoms with E-state index in [2.05, 4.69) is 0 Å². The summed E-state index contributed by atoms with van der Waals surface area (Å²) in [7, 11) is 0. The first-order valence-electron chi connectivity index (χ1n) is 11.7. The van der Waals surface area contributed by atoms with E-state index in [1.807, 2.05) is 52.0 Å². The third-order valence-electron chi connectivity index (χ3n) is 7.03. The Bertz CT molecular complexity index is 1370. The summed E-state index contributed by atoms with van der Waals surface area (Å²) in [5, 5.41) is 0.403. The molecule has 6 heteroatoms. The third kappa shape index (κ3) is 2.70. The van der Waals surface area contributed by atoms with Gasteiger partial charge in [-0.25, -0.2) is 0 Å². The first-order chi connectivity index (χ1) is 15.9. The summed E-state index contributed by atoms with van der Waals surface area (Å²) in [6.07, 6.45) is 2.33. The van der Waals surface area contributed by atoms with Crippen molar-refractivity contribution in [2.75, 3.05) is 18.0 Å². The van der Waals surface area contributed by atoms with Crippen molar-refractivity contribution in [2.24, 2.45) is 0 Å². The van der Waals surface area contributed by atoms with Gasteiger partial charge in [-0.2, -0.15) is 0 Å². The fraction of sp³-hybridized carbons (Fsp3) is 0.370. The molecule has 2 amide bonds.